The topological polar surface area (TPSA) is 95.8 Å². The minimum Gasteiger partial charge on any atom is -0.383 e. The Balaban J connectivity index is 1.76. The third-order valence-corrected chi connectivity index (χ3v) is 7.44. The third-order valence-electron chi connectivity index (χ3n) is 5.41. The quantitative estimate of drug-likeness (QED) is 0.770. The van der Waals surface area contributed by atoms with Crippen LogP contribution in [-0.2, 0) is 14.8 Å². The number of aromatic nitrogens is 1. The fourth-order valence-corrected chi connectivity index (χ4v) is 5.68. The molecule has 1 aliphatic heterocycles. The molecule has 1 N–H and O–H groups in total. The van der Waals surface area contributed by atoms with E-state index in [4.69, 9.17) is 4.52 Å². The molecule has 2 aliphatic rings. The fourth-order valence-electron chi connectivity index (χ4n) is 3.91. The van der Waals surface area contributed by atoms with Gasteiger partial charge in [0.2, 0.25) is 15.9 Å². The minimum absolute atomic E-state index is 0.0263. The Morgan fingerprint density at radius 1 is 1.25 bits per heavy atom. The van der Waals surface area contributed by atoms with E-state index in [1.54, 1.807) is 24.1 Å². The van der Waals surface area contributed by atoms with E-state index < -0.39 is 10.0 Å². The predicted molar refractivity (Wildman–Crippen MR) is 106 cm³/mol. The highest BCUT2D eigenvalue weighted by molar-refractivity contribution is 7.89. The van der Waals surface area contributed by atoms with Gasteiger partial charge in [-0.25, -0.2) is 8.42 Å². The normalized spacial score (nSPS) is 22.0. The Hall–Kier alpha value is -1.87. The van der Waals surface area contributed by atoms with Crippen LogP contribution in [0.25, 0.3) is 6.08 Å². The van der Waals surface area contributed by atoms with Crippen molar-refractivity contribution in [1.29, 1.82) is 0 Å². The Kier molecular flexibility index (Phi) is 6.44. The van der Waals surface area contributed by atoms with Crippen molar-refractivity contribution in [3.05, 3.63) is 17.7 Å². The summed E-state index contributed by atoms with van der Waals surface area (Å²) in [4.78, 5) is 14.5. The molecule has 1 amide bonds. The van der Waals surface area contributed by atoms with Gasteiger partial charge in [0.05, 0.1) is 5.92 Å². The van der Waals surface area contributed by atoms with Crippen LogP contribution in [-0.4, -0.2) is 61.9 Å². The van der Waals surface area contributed by atoms with Crippen molar-refractivity contribution in [3.63, 3.8) is 0 Å². The van der Waals surface area contributed by atoms with E-state index in [1.807, 2.05) is 14.1 Å². The first kappa shape index (κ1) is 20.9. The zero-order valence-corrected chi connectivity index (χ0v) is 17.7. The molecule has 1 saturated heterocycles. The number of hydrogen-bond donors (Lipinski definition) is 1. The first-order valence-electron chi connectivity index (χ1n) is 9.90. The van der Waals surface area contributed by atoms with E-state index in [-0.39, 0.29) is 35.1 Å². The maximum atomic E-state index is 13.3. The molecular weight excluding hydrogens is 380 g/mol. The summed E-state index contributed by atoms with van der Waals surface area (Å²) in [5.41, 5.74) is 0.330. The molecule has 8 nitrogen and oxygen atoms in total. The molecule has 1 saturated carbocycles. The first-order valence-corrected chi connectivity index (χ1v) is 11.3. The van der Waals surface area contributed by atoms with Crippen LogP contribution in [0.5, 0.6) is 0 Å². The number of sulfonamides is 1. The van der Waals surface area contributed by atoms with Crippen LogP contribution in [0.1, 0.15) is 50.0 Å². The smallest absolute Gasteiger partial charge is 0.248 e. The SMILES string of the molecule is Cc1noc(/C=C/N(C)C)c1S(=O)(=O)N1CCCC(C(=O)NC2CCCC2)C1. The second-order valence-electron chi connectivity index (χ2n) is 7.93. The number of nitrogens with one attached hydrogen (secondary N) is 1. The highest BCUT2D eigenvalue weighted by Gasteiger charge is 2.37. The van der Waals surface area contributed by atoms with Gasteiger partial charge in [0.1, 0.15) is 5.69 Å². The lowest BCUT2D eigenvalue weighted by molar-refractivity contribution is -0.126. The molecule has 1 unspecified atom stereocenters. The Labute approximate surface area is 167 Å². The molecule has 0 bridgehead atoms. The van der Waals surface area contributed by atoms with E-state index in [9.17, 15) is 13.2 Å². The maximum absolute atomic E-state index is 13.3. The number of carbonyl (C=O) groups is 1. The van der Waals surface area contributed by atoms with Gasteiger partial charge in [-0.1, -0.05) is 18.0 Å². The summed E-state index contributed by atoms with van der Waals surface area (Å²) in [6.07, 6.45) is 9.01. The Bertz CT molecular complexity index is 825. The van der Waals surface area contributed by atoms with Gasteiger partial charge < -0.3 is 14.7 Å². The molecule has 2 heterocycles. The summed E-state index contributed by atoms with van der Waals surface area (Å²) in [5.74, 6) is -0.129. The molecule has 1 atom stereocenters. The number of rotatable bonds is 6. The standard InChI is InChI=1S/C19H30N4O4S/c1-14-18(17(27-21-14)10-12-22(2)3)28(25,26)23-11-6-7-15(13-23)19(24)20-16-8-4-5-9-16/h10,12,15-16H,4-9,11,13H2,1-3H3,(H,20,24)/b12-10+. The zero-order chi connectivity index (χ0) is 20.3. The molecule has 9 heteroatoms. The van der Waals surface area contributed by atoms with Crippen molar-refractivity contribution in [1.82, 2.24) is 19.7 Å². The second-order valence-corrected chi connectivity index (χ2v) is 9.81. The van der Waals surface area contributed by atoms with Crippen LogP contribution in [0, 0.1) is 12.8 Å². The van der Waals surface area contributed by atoms with Crippen LogP contribution in [0.15, 0.2) is 15.6 Å². The molecular formula is C19H30N4O4S. The van der Waals surface area contributed by atoms with Crippen molar-refractivity contribution in [3.8, 4) is 0 Å². The fraction of sp³-hybridized carbons (Fsp3) is 0.684. The minimum atomic E-state index is -3.79. The lowest BCUT2D eigenvalue weighted by Gasteiger charge is -2.31. The number of piperidine rings is 1. The zero-order valence-electron chi connectivity index (χ0n) is 16.8. The van der Waals surface area contributed by atoms with Gasteiger partial charge in [-0.05, 0) is 32.6 Å². The van der Waals surface area contributed by atoms with E-state index in [0.29, 0.717) is 25.1 Å². The Morgan fingerprint density at radius 2 is 1.96 bits per heavy atom. The monoisotopic (exact) mass is 410 g/mol. The van der Waals surface area contributed by atoms with Gasteiger partial charge in [0.15, 0.2) is 10.7 Å². The number of carbonyl (C=O) groups excluding carboxylic acids is 1. The van der Waals surface area contributed by atoms with Crippen molar-refractivity contribution in [2.45, 2.75) is 56.4 Å². The van der Waals surface area contributed by atoms with Crippen LogP contribution < -0.4 is 5.32 Å². The molecule has 0 radical (unpaired) electrons. The number of nitrogens with zero attached hydrogens (tertiary/aromatic N) is 3. The molecule has 1 aliphatic carbocycles. The Morgan fingerprint density at radius 3 is 2.64 bits per heavy atom. The van der Waals surface area contributed by atoms with E-state index >= 15 is 0 Å². The third kappa shape index (κ3) is 4.57. The van der Waals surface area contributed by atoms with Crippen LogP contribution in [0.4, 0.5) is 0 Å². The number of amides is 1. The van der Waals surface area contributed by atoms with Crippen molar-refractivity contribution < 1.29 is 17.7 Å². The number of aryl methyl sites for hydroxylation is 1. The van der Waals surface area contributed by atoms with E-state index in [2.05, 4.69) is 10.5 Å². The van der Waals surface area contributed by atoms with Crippen molar-refractivity contribution >= 4 is 22.0 Å². The predicted octanol–water partition coefficient (Wildman–Crippen LogP) is 1.97. The average Bonchev–Trinajstić information content (AvgIpc) is 3.29. The maximum Gasteiger partial charge on any atom is 0.248 e. The van der Waals surface area contributed by atoms with Crippen molar-refractivity contribution in [2.75, 3.05) is 27.2 Å². The van der Waals surface area contributed by atoms with Gasteiger partial charge in [-0.3, -0.25) is 4.79 Å². The summed E-state index contributed by atoms with van der Waals surface area (Å²) in [5, 5.41) is 6.95. The summed E-state index contributed by atoms with van der Waals surface area (Å²) < 4.78 is 33.2. The summed E-state index contributed by atoms with van der Waals surface area (Å²) >= 11 is 0. The molecule has 2 fully saturated rings. The number of hydrogen-bond acceptors (Lipinski definition) is 6. The summed E-state index contributed by atoms with van der Waals surface area (Å²) in [7, 11) is -0.116. The summed E-state index contributed by atoms with van der Waals surface area (Å²) in [6, 6.07) is 0.238. The largest absolute Gasteiger partial charge is 0.383 e. The van der Waals surface area contributed by atoms with Gasteiger partial charge in [-0.2, -0.15) is 4.31 Å². The lowest BCUT2D eigenvalue weighted by Crippen LogP contribution is -2.47. The highest BCUT2D eigenvalue weighted by Crippen LogP contribution is 2.29. The molecule has 3 rings (SSSR count). The van der Waals surface area contributed by atoms with Crippen LogP contribution in [0.3, 0.4) is 0 Å². The lowest BCUT2D eigenvalue weighted by atomic mass is 9.98. The molecule has 0 spiro atoms. The second kappa shape index (κ2) is 8.65. The van der Waals surface area contributed by atoms with Crippen molar-refractivity contribution in [2.24, 2.45) is 5.92 Å². The summed E-state index contributed by atoms with van der Waals surface area (Å²) in [6.45, 7) is 2.22. The highest BCUT2D eigenvalue weighted by atomic mass is 32.2. The van der Waals surface area contributed by atoms with Gasteiger partial charge in [0.25, 0.3) is 0 Å². The van der Waals surface area contributed by atoms with E-state index in [0.717, 1.165) is 25.7 Å². The first-order chi connectivity index (χ1) is 13.3. The van der Waals surface area contributed by atoms with Crippen LogP contribution >= 0.6 is 0 Å². The van der Waals surface area contributed by atoms with Gasteiger partial charge in [-0.15, -0.1) is 0 Å². The molecule has 0 aromatic carbocycles. The molecule has 28 heavy (non-hydrogen) atoms. The molecule has 1 aromatic heterocycles. The van der Waals surface area contributed by atoms with Gasteiger partial charge >= 0.3 is 0 Å². The molecule has 1 aromatic rings. The van der Waals surface area contributed by atoms with Crippen LogP contribution in [0.2, 0.25) is 0 Å². The van der Waals surface area contributed by atoms with E-state index in [1.165, 1.54) is 4.31 Å². The van der Waals surface area contributed by atoms with Gasteiger partial charge in [0, 0.05) is 45.5 Å². The average molecular weight is 411 g/mol. The molecule has 156 valence electrons.